The van der Waals surface area contributed by atoms with Crippen LogP contribution in [0.25, 0.3) is 0 Å². The molecule has 0 saturated carbocycles. The molecule has 0 aromatic carbocycles. The molecule has 0 saturated heterocycles. The zero-order valence-electron chi connectivity index (χ0n) is 50.5. The van der Waals surface area contributed by atoms with Gasteiger partial charge in [0.25, 0.3) is 0 Å². The summed E-state index contributed by atoms with van der Waals surface area (Å²) < 4.78 is 340. The molecule has 0 radical (unpaired) electrons. The molecule has 0 bridgehead atoms. The molecule has 9 N–H and O–H groups in total. The van der Waals surface area contributed by atoms with Crippen molar-refractivity contribution in [3.63, 3.8) is 0 Å². The fourth-order valence-electron chi connectivity index (χ4n) is 3.06. The second kappa shape index (κ2) is 50.0. The molecule has 0 aliphatic rings. The molecule has 90 heavy (non-hydrogen) atoms. The van der Waals surface area contributed by atoms with Gasteiger partial charge in [-0.3, -0.25) is 19.7 Å². The van der Waals surface area contributed by atoms with Crippen LogP contribution in [0.15, 0.2) is 0 Å². The molecule has 0 aliphatic carbocycles. The van der Waals surface area contributed by atoms with E-state index in [1.807, 2.05) is 13.8 Å². The molecular formula is C43H78Cl2F30LiN3O11. The molecule has 0 rings (SSSR count). The van der Waals surface area contributed by atoms with Gasteiger partial charge in [0.2, 0.25) is 5.91 Å². The first kappa shape index (κ1) is 118. The largest absolute Gasteiger partial charge is 1.00 e. The molecule has 1 amide bonds. The van der Waals surface area contributed by atoms with Crippen molar-refractivity contribution in [1.82, 2.24) is 5.06 Å². The standard InChI is InChI=1S/2C6H9F5O.C6H13NO2.3C5H9F3O.C4H8F3NO.C3H5F3O.C2F5.CH3NO2.2ClH.Li.H2/c2*1-3(2)4(12)5(7,8)6(9,10)11;1-5(2)6(8)7(3)9-4;3*1-3(2)4(9)5(6,7)8;1-2(8)3(9)4(5,6)7;1-2(7)3(4,5)6;3-1(4)2(5,6)7;1-2(3)4;;;;/h2*3-4,12H,1-2H3;5H,1-4H3;3*3-4,9H,1-2H3;2-3,9H,8H2,1H3;2,7H,1H3;;1H3;2*1H;;1H/q;;;;;;;;-1;;;;+1;. The number of nitro groups is 1. The first-order valence-electron chi connectivity index (χ1n) is 23.2. The van der Waals surface area contributed by atoms with E-state index in [0.29, 0.717) is 6.92 Å². The molecular weight excluding hydrogens is 1380 g/mol. The third-order valence-corrected chi connectivity index (χ3v) is 8.26. The summed E-state index contributed by atoms with van der Waals surface area (Å²) in [6.07, 6.45) is -59.2. The number of carbonyl (C=O) groups is 1. The third-order valence-electron chi connectivity index (χ3n) is 8.26. The number of nitrogens with two attached hydrogens (primary N) is 1. The predicted molar refractivity (Wildman–Crippen MR) is 263 cm³/mol. The van der Waals surface area contributed by atoms with E-state index in [1.165, 1.54) is 53.7 Å². The predicted octanol–water partition coefficient (Wildman–Crippen LogP) is 10.9. The van der Waals surface area contributed by atoms with Gasteiger partial charge in [-0.15, -0.1) is 24.8 Å². The van der Waals surface area contributed by atoms with Crippen molar-refractivity contribution >= 4 is 30.7 Å². The molecule has 0 aromatic heterocycles. The Hall–Kier alpha value is -2.41. The van der Waals surface area contributed by atoms with Crippen molar-refractivity contribution in [3.05, 3.63) is 16.5 Å². The molecule has 0 aromatic rings. The number of hydroxylamine groups is 2. The van der Waals surface area contributed by atoms with Gasteiger partial charge in [0, 0.05) is 25.4 Å². The van der Waals surface area contributed by atoms with Crippen LogP contribution in [0.4, 0.5) is 132 Å². The summed E-state index contributed by atoms with van der Waals surface area (Å²) in [5, 5.41) is 68.1. The van der Waals surface area contributed by atoms with Crippen molar-refractivity contribution in [2.24, 2.45) is 41.2 Å². The van der Waals surface area contributed by atoms with E-state index in [1.54, 1.807) is 7.05 Å². The second-order valence-electron chi connectivity index (χ2n) is 18.7. The van der Waals surface area contributed by atoms with Crippen molar-refractivity contribution in [1.29, 1.82) is 0 Å². The Morgan fingerprint density at radius 1 is 0.456 bits per heavy atom. The van der Waals surface area contributed by atoms with Gasteiger partial charge in [-0.2, -0.15) is 110 Å². The molecule has 8 unspecified atom stereocenters. The number of nitrogens with zero attached hydrogens (tertiary/aromatic N) is 2. The van der Waals surface area contributed by atoms with Gasteiger partial charge in [-0.25, -0.2) is 18.2 Å². The van der Waals surface area contributed by atoms with Crippen molar-refractivity contribution < 1.29 is 202 Å². The maximum atomic E-state index is 12.2. The van der Waals surface area contributed by atoms with Gasteiger partial charge in [0.1, 0.15) is 24.7 Å². The van der Waals surface area contributed by atoms with Gasteiger partial charge >= 0.3 is 80.1 Å². The van der Waals surface area contributed by atoms with Crippen molar-refractivity contribution in [2.45, 2.75) is 207 Å². The summed E-state index contributed by atoms with van der Waals surface area (Å²) in [6.45, 7) is 17.7. The zero-order valence-corrected chi connectivity index (χ0v) is 52.1. The number of halogens is 32. The van der Waals surface area contributed by atoms with E-state index < -0.39 is 151 Å². The summed E-state index contributed by atoms with van der Waals surface area (Å²) in [5.41, 5.74) is 4.75. The van der Waals surface area contributed by atoms with Crippen LogP contribution < -0.4 is 24.6 Å². The van der Waals surface area contributed by atoms with Crippen LogP contribution >= 0.6 is 24.8 Å². The number of alkyl halides is 28. The molecule has 0 fully saturated rings. The Bertz CT molecular complexity index is 1580. The fraction of sp³-hybridized carbons (Fsp3) is 0.953. The smallest absolute Gasteiger partial charge is 0.412 e. The van der Waals surface area contributed by atoms with Crippen LogP contribution in [-0.2, 0) is 9.63 Å². The van der Waals surface area contributed by atoms with Gasteiger partial charge in [-0.05, 0) is 43.4 Å². The van der Waals surface area contributed by atoms with Crippen LogP contribution in [0, 0.1) is 52.0 Å². The molecule has 47 heteroatoms. The Labute approximate surface area is 523 Å². The van der Waals surface area contributed by atoms with Gasteiger partial charge in [0.15, 0.2) is 31.5 Å². The Balaban J connectivity index is -0.0000000605. The van der Waals surface area contributed by atoms with E-state index in [9.17, 15) is 137 Å². The maximum Gasteiger partial charge on any atom is 1.00 e. The topological polar surface area (TPSA) is 240 Å². The zero-order chi connectivity index (χ0) is 74.1. The maximum absolute atomic E-state index is 12.2. The minimum atomic E-state index is -5.68. The first-order valence-corrected chi connectivity index (χ1v) is 23.2. The van der Waals surface area contributed by atoms with Gasteiger partial charge < -0.3 is 50.3 Å². The average Bonchev–Trinajstić information content (AvgIpc) is 3.27. The van der Waals surface area contributed by atoms with E-state index in [-0.39, 0.29) is 56.9 Å². The normalized spacial score (nSPS) is 14.9. The van der Waals surface area contributed by atoms with Crippen LogP contribution in [0.5, 0.6) is 0 Å². The minimum absolute atomic E-state index is 0. The number of carbonyl (C=O) groups excluding carboxylic acids is 1. The summed E-state index contributed by atoms with van der Waals surface area (Å²) in [7, 11) is 3.96. The van der Waals surface area contributed by atoms with E-state index in [0.717, 1.165) is 41.7 Å². The number of rotatable bonds is 10. The Morgan fingerprint density at radius 3 is 0.633 bits per heavy atom. The minimum Gasteiger partial charge on any atom is -0.412 e. The molecule has 556 valence electrons. The number of hydrogen-bond acceptors (Lipinski definition) is 12. The van der Waals surface area contributed by atoms with E-state index in [4.69, 9.17) is 51.6 Å². The number of amides is 1. The average molecular weight is 1460 g/mol. The van der Waals surface area contributed by atoms with Crippen molar-refractivity contribution in [2.75, 3.05) is 21.2 Å². The number of aliphatic hydroxyl groups is 7. The van der Waals surface area contributed by atoms with Crippen LogP contribution in [0.2, 0.25) is 0 Å². The van der Waals surface area contributed by atoms with Crippen LogP contribution in [0.1, 0.15) is 98.4 Å². The third kappa shape index (κ3) is 64.3. The molecule has 0 spiro atoms. The Kier molecular flexibility index (Phi) is 65.6. The molecule has 0 aliphatic heterocycles. The number of aliphatic hydroxyl groups excluding tert-OH is 7. The van der Waals surface area contributed by atoms with E-state index >= 15 is 0 Å². The van der Waals surface area contributed by atoms with Gasteiger partial charge in [0.05, 0.1) is 7.11 Å². The van der Waals surface area contributed by atoms with Crippen LogP contribution in [0.3, 0.4) is 0 Å². The molecule has 0 heterocycles. The second-order valence-corrected chi connectivity index (χ2v) is 18.7. The monoisotopic (exact) mass is 1460 g/mol. The first-order chi connectivity index (χ1) is 37.3. The summed E-state index contributed by atoms with van der Waals surface area (Å²) in [4.78, 5) is 23.8. The molecule has 14 nitrogen and oxygen atoms in total. The van der Waals surface area contributed by atoms with Crippen LogP contribution in [-0.4, -0.2) is 183 Å². The molecule has 8 atom stereocenters. The summed E-state index contributed by atoms with van der Waals surface area (Å²) in [6, 6.07) is -1.26. The van der Waals surface area contributed by atoms with E-state index in [2.05, 4.69) is 4.84 Å². The fourth-order valence-corrected chi connectivity index (χ4v) is 3.06. The number of hydrogen-bond donors (Lipinski definition) is 8. The Morgan fingerprint density at radius 2 is 0.611 bits per heavy atom. The summed E-state index contributed by atoms with van der Waals surface area (Å²) in [5.74, 6) is -14.6. The SMILES string of the molecule is CC(C)C(O)C(F)(F)C(F)(F)F.CC(C)C(O)C(F)(F)C(F)(F)F.CC(C)C(O)C(F)(F)F.CC(C)C(O)C(F)(F)F.CC(C)C(O)C(F)(F)F.CC(N)C(O)C(F)(F)F.CC(O)C(F)(F)F.CON(C)C(=O)C(C)C.C[N+](=O)[O-].Cl.Cl.F[C-](F)C(F)(F)F.[HH].[Li+]. The van der Waals surface area contributed by atoms with Crippen molar-refractivity contribution in [3.8, 4) is 0 Å². The van der Waals surface area contributed by atoms with Gasteiger partial charge in [-0.1, -0.05) is 83.1 Å². The summed E-state index contributed by atoms with van der Waals surface area (Å²) >= 11 is 0. The quantitative estimate of drug-likeness (QED) is 0.0335.